The summed E-state index contributed by atoms with van der Waals surface area (Å²) in [4.78, 5) is 2.47. The number of rotatable bonds is 4. The van der Waals surface area contributed by atoms with Gasteiger partial charge in [0, 0.05) is 27.9 Å². The van der Waals surface area contributed by atoms with E-state index in [1.807, 2.05) is 0 Å². The monoisotopic (exact) mass is 631 g/mol. The molecule has 1 nitrogen and oxygen atoms in total. The number of hydrogen-bond acceptors (Lipinski definition) is 1. The van der Waals surface area contributed by atoms with E-state index in [4.69, 9.17) is 0 Å². The summed E-state index contributed by atoms with van der Waals surface area (Å²) in [6.45, 7) is 14.0. The summed E-state index contributed by atoms with van der Waals surface area (Å²) in [5.74, 6) is 0. The van der Waals surface area contributed by atoms with Crippen molar-refractivity contribution < 1.29 is 0 Å². The topological polar surface area (TPSA) is 3.24 Å². The lowest BCUT2D eigenvalue weighted by molar-refractivity contribution is 0.660. The quantitative estimate of drug-likeness (QED) is 0.187. The van der Waals surface area contributed by atoms with Crippen molar-refractivity contribution in [2.45, 2.75) is 52.4 Å². The minimum atomic E-state index is -0.0879. The molecule has 49 heavy (non-hydrogen) atoms. The standard InChI is InChI=1S/C48H41N/c1-30-13-7-10-16-37(30)38-24-26-44-46(31(38)2)41-28-35(22-25-43(41)47(44,3)4)49(34-20-19-32-14-8-9-15-33(32)27-34)36-21-23-40-39-17-11-12-18-42(39)48(5,6)45(40)29-36/h7-29H,1-6H3. The number of fused-ring (bicyclic) bond motifs is 7. The van der Waals surface area contributed by atoms with Gasteiger partial charge < -0.3 is 4.90 Å². The van der Waals surface area contributed by atoms with Gasteiger partial charge in [-0.1, -0.05) is 131 Å². The van der Waals surface area contributed by atoms with Crippen molar-refractivity contribution in [3.05, 3.63) is 173 Å². The molecule has 1 heteroatoms. The first kappa shape index (κ1) is 29.7. The highest BCUT2D eigenvalue weighted by Gasteiger charge is 2.38. The van der Waals surface area contributed by atoms with Gasteiger partial charge in [0.25, 0.3) is 0 Å². The molecule has 9 rings (SSSR count). The molecule has 2 aliphatic rings. The molecule has 7 aromatic rings. The Bertz CT molecular complexity index is 2480. The second kappa shape index (κ2) is 10.5. The van der Waals surface area contributed by atoms with Crippen LogP contribution in [0.1, 0.15) is 61.1 Å². The molecule has 0 atom stereocenters. The van der Waals surface area contributed by atoms with E-state index >= 15 is 0 Å². The fourth-order valence-electron chi connectivity index (χ4n) is 8.91. The van der Waals surface area contributed by atoms with Crippen LogP contribution in [0.5, 0.6) is 0 Å². The lowest BCUT2D eigenvalue weighted by Gasteiger charge is -2.29. The Hall–Kier alpha value is -5.40. The first-order valence-electron chi connectivity index (χ1n) is 17.5. The Kier molecular flexibility index (Phi) is 6.40. The average molecular weight is 632 g/mol. The van der Waals surface area contributed by atoms with E-state index in [9.17, 15) is 0 Å². The molecular formula is C48H41N. The minimum Gasteiger partial charge on any atom is -0.310 e. The molecule has 0 unspecified atom stereocenters. The Morgan fingerprint density at radius 3 is 1.76 bits per heavy atom. The molecule has 0 fully saturated rings. The summed E-state index contributed by atoms with van der Waals surface area (Å²) in [5, 5.41) is 2.49. The van der Waals surface area contributed by atoms with E-state index in [1.165, 1.54) is 88.9 Å². The van der Waals surface area contributed by atoms with E-state index in [2.05, 4.69) is 186 Å². The number of anilines is 3. The first-order valence-corrected chi connectivity index (χ1v) is 17.5. The molecule has 0 radical (unpaired) electrons. The van der Waals surface area contributed by atoms with E-state index in [0.717, 1.165) is 5.69 Å². The molecule has 7 aromatic carbocycles. The maximum absolute atomic E-state index is 2.47. The maximum atomic E-state index is 2.47. The normalized spacial score (nSPS) is 14.7. The summed E-state index contributed by atoms with van der Waals surface area (Å²) in [7, 11) is 0. The Morgan fingerprint density at radius 1 is 0.388 bits per heavy atom. The van der Waals surface area contributed by atoms with E-state index in [0.29, 0.717) is 0 Å². The third-order valence-corrected chi connectivity index (χ3v) is 11.6. The molecule has 0 aromatic heterocycles. The molecule has 0 saturated heterocycles. The molecule has 0 aliphatic heterocycles. The van der Waals surface area contributed by atoms with Crippen molar-refractivity contribution in [3.63, 3.8) is 0 Å². The van der Waals surface area contributed by atoms with Crippen LogP contribution in [0, 0.1) is 13.8 Å². The number of hydrogen-bond donors (Lipinski definition) is 0. The highest BCUT2D eigenvalue weighted by molar-refractivity contribution is 5.94. The molecule has 0 bridgehead atoms. The van der Waals surface area contributed by atoms with Crippen molar-refractivity contribution >= 4 is 27.8 Å². The van der Waals surface area contributed by atoms with Crippen LogP contribution < -0.4 is 4.90 Å². The number of aryl methyl sites for hydroxylation is 1. The molecule has 0 amide bonds. The molecule has 0 N–H and O–H groups in total. The van der Waals surface area contributed by atoms with Crippen LogP contribution in [0.25, 0.3) is 44.2 Å². The molecule has 0 heterocycles. The van der Waals surface area contributed by atoms with Gasteiger partial charge in [0.05, 0.1) is 0 Å². The van der Waals surface area contributed by atoms with Gasteiger partial charge in [-0.05, 0) is 128 Å². The van der Waals surface area contributed by atoms with Crippen LogP contribution in [-0.2, 0) is 10.8 Å². The van der Waals surface area contributed by atoms with Crippen LogP contribution in [0.4, 0.5) is 17.1 Å². The lowest BCUT2D eigenvalue weighted by atomic mass is 9.81. The molecule has 0 spiro atoms. The predicted octanol–water partition coefficient (Wildman–Crippen LogP) is 13.2. The third-order valence-electron chi connectivity index (χ3n) is 11.6. The zero-order chi connectivity index (χ0) is 33.7. The van der Waals surface area contributed by atoms with Crippen LogP contribution >= 0.6 is 0 Å². The van der Waals surface area contributed by atoms with Gasteiger partial charge in [-0.15, -0.1) is 0 Å². The zero-order valence-corrected chi connectivity index (χ0v) is 29.2. The smallest absolute Gasteiger partial charge is 0.0468 e. The Morgan fingerprint density at radius 2 is 0.939 bits per heavy atom. The van der Waals surface area contributed by atoms with E-state index in [1.54, 1.807) is 0 Å². The van der Waals surface area contributed by atoms with Gasteiger partial charge >= 0.3 is 0 Å². The fraction of sp³-hybridized carbons (Fsp3) is 0.167. The number of benzene rings is 7. The second-order valence-electron chi connectivity index (χ2n) is 15.1. The number of nitrogens with zero attached hydrogens (tertiary/aromatic N) is 1. The molecule has 238 valence electrons. The van der Waals surface area contributed by atoms with Crippen molar-refractivity contribution in [1.82, 2.24) is 0 Å². The zero-order valence-electron chi connectivity index (χ0n) is 29.2. The Balaban J connectivity index is 1.26. The fourth-order valence-corrected chi connectivity index (χ4v) is 8.91. The van der Waals surface area contributed by atoms with Gasteiger partial charge in [-0.3, -0.25) is 0 Å². The van der Waals surface area contributed by atoms with Gasteiger partial charge in [0.2, 0.25) is 0 Å². The van der Waals surface area contributed by atoms with Crippen molar-refractivity contribution in [1.29, 1.82) is 0 Å². The van der Waals surface area contributed by atoms with Gasteiger partial charge in [-0.2, -0.15) is 0 Å². The minimum absolute atomic E-state index is 0.0824. The van der Waals surface area contributed by atoms with Crippen molar-refractivity contribution in [2.24, 2.45) is 0 Å². The Labute approximate surface area is 290 Å². The highest BCUT2D eigenvalue weighted by Crippen LogP contribution is 2.54. The van der Waals surface area contributed by atoms with Crippen LogP contribution in [0.3, 0.4) is 0 Å². The molecule has 2 aliphatic carbocycles. The second-order valence-corrected chi connectivity index (χ2v) is 15.1. The molecular weight excluding hydrogens is 591 g/mol. The third kappa shape index (κ3) is 4.31. The van der Waals surface area contributed by atoms with Crippen LogP contribution in [-0.4, -0.2) is 0 Å². The van der Waals surface area contributed by atoms with Gasteiger partial charge in [0.15, 0.2) is 0 Å². The summed E-state index contributed by atoms with van der Waals surface area (Å²) >= 11 is 0. The summed E-state index contributed by atoms with van der Waals surface area (Å²) in [6.07, 6.45) is 0. The largest absolute Gasteiger partial charge is 0.310 e. The van der Waals surface area contributed by atoms with Crippen LogP contribution in [0.15, 0.2) is 140 Å². The summed E-state index contributed by atoms with van der Waals surface area (Å²) in [5.41, 5.74) is 19.6. The van der Waals surface area contributed by atoms with Crippen molar-refractivity contribution in [3.8, 4) is 33.4 Å². The average Bonchev–Trinajstić information content (AvgIpc) is 3.48. The van der Waals surface area contributed by atoms with Crippen LogP contribution in [0.2, 0.25) is 0 Å². The van der Waals surface area contributed by atoms with E-state index in [-0.39, 0.29) is 10.8 Å². The maximum Gasteiger partial charge on any atom is 0.0468 e. The molecule has 0 saturated carbocycles. The van der Waals surface area contributed by atoms with Crippen molar-refractivity contribution in [2.75, 3.05) is 4.90 Å². The van der Waals surface area contributed by atoms with Gasteiger partial charge in [-0.25, -0.2) is 0 Å². The first-order chi connectivity index (χ1) is 23.6. The van der Waals surface area contributed by atoms with Gasteiger partial charge in [0.1, 0.15) is 0 Å². The summed E-state index contributed by atoms with van der Waals surface area (Å²) in [6, 6.07) is 52.2. The summed E-state index contributed by atoms with van der Waals surface area (Å²) < 4.78 is 0. The SMILES string of the molecule is Cc1ccccc1-c1ccc2c(c1C)-c1cc(N(c3ccc4c(c3)C(C)(C)c3ccccc3-4)c3ccc4ccccc4c3)ccc1C2(C)C. The lowest BCUT2D eigenvalue weighted by Crippen LogP contribution is -2.17. The van der Waals surface area contributed by atoms with E-state index < -0.39 is 0 Å². The predicted molar refractivity (Wildman–Crippen MR) is 209 cm³/mol. The highest BCUT2D eigenvalue weighted by atomic mass is 15.1.